The molecule has 1 rings (SSSR count). The number of hydrogen-bond acceptors (Lipinski definition) is 3. The number of rotatable bonds is 4. The Morgan fingerprint density at radius 2 is 2.18 bits per heavy atom. The maximum atomic E-state index is 12.5. The van der Waals surface area contributed by atoms with Gasteiger partial charge in [-0.3, -0.25) is 0 Å². The van der Waals surface area contributed by atoms with Crippen molar-refractivity contribution < 1.29 is 23.1 Å². The fourth-order valence-electron chi connectivity index (χ4n) is 1.21. The van der Waals surface area contributed by atoms with Gasteiger partial charge in [-0.15, -0.1) is 0 Å². The van der Waals surface area contributed by atoms with E-state index in [4.69, 9.17) is 5.11 Å². The van der Waals surface area contributed by atoms with Gasteiger partial charge in [-0.2, -0.15) is 13.2 Å². The van der Waals surface area contributed by atoms with Crippen molar-refractivity contribution in [1.29, 1.82) is 0 Å². The third kappa shape index (κ3) is 3.33. The predicted molar refractivity (Wildman–Crippen MR) is 55.0 cm³/mol. The average molecular weight is 248 g/mol. The Balaban J connectivity index is 3.13. The summed E-state index contributed by atoms with van der Waals surface area (Å²) in [5, 5.41) is 11.4. The standard InChI is InChI=1S/C10H11F3N2O2/c1-2-3-14-8-4-6(9(16)17)7(5-15-8)10(11,12)13/h4-5H,2-3H2,1H3,(H,14,15)(H,16,17). The molecule has 7 heteroatoms. The zero-order valence-corrected chi connectivity index (χ0v) is 9.01. The summed E-state index contributed by atoms with van der Waals surface area (Å²) in [7, 11) is 0. The maximum absolute atomic E-state index is 12.5. The lowest BCUT2D eigenvalue weighted by atomic mass is 10.1. The van der Waals surface area contributed by atoms with Crippen molar-refractivity contribution in [3.05, 3.63) is 23.4 Å². The molecule has 0 amide bonds. The molecule has 0 aliphatic rings. The summed E-state index contributed by atoms with van der Waals surface area (Å²) in [5.41, 5.74) is -2.04. The van der Waals surface area contributed by atoms with Crippen molar-refractivity contribution in [2.45, 2.75) is 19.5 Å². The largest absolute Gasteiger partial charge is 0.478 e. The summed E-state index contributed by atoms with van der Waals surface area (Å²) >= 11 is 0. The first-order valence-electron chi connectivity index (χ1n) is 4.90. The number of carboxylic acid groups (broad SMARTS) is 1. The molecule has 0 spiro atoms. The molecule has 0 atom stereocenters. The minimum Gasteiger partial charge on any atom is -0.478 e. The van der Waals surface area contributed by atoms with E-state index in [1.54, 1.807) is 0 Å². The third-order valence-corrected chi connectivity index (χ3v) is 2.00. The van der Waals surface area contributed by atoms with Gasteiger partial charge in [0.15, 0.2) is 0 Å². The first-order chi connectivity index (χ1) is 7.86. The molecule has 2 N–H and O–H groups in total. The lowest BCUT2D eigenvalue weighted by molar-refractivity contribution is -0.138. The molecule has 1 aromatic rings. The fourth-order valence-corrected chi connectivity index (χ4v) is 1.21. The van der Waals surface area contributed by atoms with Crippen LogP contribution in [-0.2, 0) is 6.18 Å². The number of aromatic nitrogens is 1. The molecule has 0 bridgehead atoms. The molecular weight excluding hydrogens is 237 g/mol. The molecule has 0 aliphatic carbocycles. The number of nitrogens with one attached hydrogen (secondary N) is 1. The van der Waals surface area contributed by atoms with Crippen LogP contribution in [0.4, 0.5) is 19.0 Å². The number of aromatic carboxylic acids is 1. The van der Waals surface area contributed by atoms with E-state index in [9.17, 15) is 18.0 Å². The Morgan fingerprint density at radius 1 is 1.53 bits per heavy atom. The van der Waals surface area contributed by atoms with Crippen molar-refractivity contribution in [1.82, 2.24) is 4.98 Å². The van der Waals surface area contributed by atoms with Crippen molar-refractivity contribution in [2.24, 2.45) is 0 Å². The van der Waals surface area contributed by atoms with E-state index in [1.807, 2.05) is 6.92 Å². The van der Waals surface area contributed by atoms with E-state index in [1.165, 1.54) is 0 Å². The highest BCUT2D eigenvalue weighted by Crippen LogP contribution is 2.32. The first kappa shape index (κ1) is 13.3. The highest BCUT2D eigenvalue weighted by Gasteiger charge is 2.36. The Labute approximate surface area is 95.5 Å². The van der Waals surface area contributed by atoms with Crippen molar-refractivity contribution in [3.8, 4) is 0 Å². The van der Waals surface area contributed by atoms with E-state index in [0.29, 0.717) is 12.7 Å². The van der Waals surface area contributed by atoms with E-state index in [2.05, 4.69) is 10.3 Å². The number of halogens is 3. The van der Waals surface area contributed by atoms with Gasteiger partial charge in [0.25, 0.3) is 0 Å². The Hall–Kier alpha value is -1.79. The van der Waals surface area contributed by atoms with Crippen LogP contribution in [0.15, 0.2) is 12.3 Å². The summed E-state index contributed by atoms with van der Waals surface area (Å²) in [4.78, 5) is 14.3. The summed E-state index contributed by atoms with van der Waals surface area (Å²) < 4.78 is 37.4. The quantitative estimate of drug-likeness (QED) is 0.859. The van der Waals surface area contributed by atoms with E-state index in [-0.39, 0.29) is 5.82 Å². The fraction of sp³-hybridized carbons (Fsp3) is 0.400. The molecule has 0 saturated carbocycles. The molecule has 0 fully saturated rings. The SMILES string of the molecule is CCCNc1cc(C(=O)O)c(C(F)(F)F)cn1. The zero-order valence-electron chi connectivity index (χ0n) is 9.01. The normalized spacial score (nSPS) is 11.3. The molecule has 0 unspecified atom stereocenters. The van der Waals surface area contributed by atoms with Gasteiger partial charge in [0, 0.05) is 12.7 Å². The number of anilines is 1. The van der Waals surface area contributed by atoms with Crippen LogP contribution in [-0.4, -0.2) is 22.6 Å². The minimum absolute atomic E-state index is 0.122. The van der Waals surface area contributed by atoms with Crippen molar-refractivity contribution >= 4 is 11.8 Å². The Morgan fingerprint density at radius 3 is 2.65 bits per heavy atom. The number of carbonyl (C=O) groups is 1. The first-order valence-corrected chi connectivity index (χ1v) is 4.90. The van der Waals surface area contributed by atoms with Crippen LogP contribution in [0.25, 0.3) is 0 Å². The van der Waals surface area contributed by atoms with Gasteiger partial charge in [0.05, 0.1) is 11.1 Å². The van der Waals surface area contributed by atoms with E-state index >= 15 is 0 Å². The number of nitrogens with zero attached hydrogens (tertiary/aromatic N) is 1. The van der Waals surface area contributed by atoms with Crippen LogP contribution in [0.2, 0.25) is 0 Å². The van der Waals surface area contributed by atoms with Gasteiger partial charge in [0.1, 0.15) is 5.82 Å². The van der Waals surface area contributed by atoms with Crippen molar-refractivity contribution in [2.75, 3.05) is 11.9 Å². The van der Waals surface area contributed by atoms with Gasteiger partial charge in [0.2, 0.25) is 0 Å². The Bertz CT molecular complexity index is 419. The highest BCUT2D eigenvalue weighted by molar-refractivity contribution is 5.90. The van der Waals surface area contributed by atoms with Crippen LogP contribution < -0.4 is 5.32 Å². The molecule has 0 aliphatic heterocycles. The molecule has 0 aromatic carbocycles. The van der Waals surface area contributed by atoms with Crippen LogP contribution >= 0.6 is 0 Å². The number of pyridine rings is 1. The maximum Gasteiger partial charge on any atom is 0.418 e. The minimum atomic E-state index is -4.72. The second-order valence-corrected chi connectivity index (χ2v) is 3.34. The van der Waals surface area contributed by atoms with E-state index < -0.39 is 23.3 Å². The summed E-state index contributed by atoms with van der Waals surface area (Å²) in [6, 6.07) is 0.890. The Kier molecular flexibility index (Phi) is 3.93. The van der Waals surface area contributed by atoms with Gasteiger partial charge >= 0.3 is 12.1 Å². The molecular formula is C10H11F3N2O2. The monoisotopic (exact) mass is 248 g/mol. The molecule has 4 nitrogen and oxygen atoms in total. The average Bonchev–Trinajstić information content (AvgIpc) is 2.24. The second-order valence-electron chi connectivity index (χ2n) is 3.34. The van der Waals surface area contributed by atoms with Gasteiger partial charge in [-0.25, -0.2) is 9.78 Å². The van der Waals surface area contributed by atoms with Gasteiger partial charge in [-0.05, 0) is 12.5 Å². The highest BCUT2D eigenvalue weighted by atomic mass is 19.4. The molecule has 17 heavy (non-hydrogen) atoms. The smallest absolute Gasteiger partial charge is 0.418 e. The molecule has 94 valence electrons. The van der Waals surface area contributed by atoms with Gasteiger partial charge in [-0.1, -0.05) is 6.92 Å². The molecule has 0 radical (unpaired) electrons. The topological polar surface area (TPSA) is 62.2 Å². The molecule has 1 heterocycles. The lowest BCUT2D eigenvalue weighted by Crippen LogP contribution is -2.15. The second kappa shape index (κ2) is 5.03. The van der Waals surface area contributed by atoms with Crippen LogP contribution in [0, 0.1) is 0 Å². The zero-order chi connectivity index (χ0) is 13.1. The molecule has 0 saturated heterocycles. The number of carboxylic acids is 1. The van der Waals surface area contributed by atoms with Crippen LogP contribution in [0.1, 0.15) is 29.3 Å². The number of hydrogen-bond donors (Lipinski definition) is 2. The number of alkyl halides is 3. The summed E-state index contributed by atoms with van der Waals surface area (Å²) in [5.74, 6) is -1.50. The molecule has 1 aromatic heterocycles. The third-order valence-electron chi connectivity index (χ3n) is 2.00. The van der Waals surface area contributed by atoms with Crippen LogP contribution in [0.3, 0.4) is 0 Å². The lowest BCUT2D eigenvalue weighted by Gasteiger charge is -2.11. The summed E-state index contributed by atoms with van der Waals surface area (Å²) in [6.07, 6.45) is -3.43. The van der Waals surface area contributed by atoms with E-state index in [0.717, 1.165) is 12.5 Å². The van der Waals surface area contributed by atoms with Gasteiger partial charge < -0.3 is 10.4 Å². The predicted octanol–water partition coefficient (Wildman–Crippen LogP) is 2.62. The summed E-state index contributed by atoms with van der Waals surface area (Å²) in [6.45, 7) is 2.38. The van der Waals surface area contributed by atoms with Crippen LogP contribution in [0.5, 0.6) is 0 Å². The van der Waals surface area contributed by atoms with Crippen molar-refractivity contribution in [3.63, 3.8) is 0 Å².